The zero-order valence-corrected chi connectivity index (χ0v) is 11.0. The van der Waals surface area contributed by atoms with E-state index in [2.05, 4.69) is 0 Å². The van der Waals surface area contributed by atoms with Crippen LogP contribution in [0.4, 0.5) is 0 Å². The molecule has 1 aromatic rings. The lowest BCUT2D eigenvalue weighted by molar-refractivity contribution is 0.0968. The second-order valence-electron chi connectivity index (χ2n) is 3.99. The van der Waals surface area contributed by atoms with Crippen molar-refractivity contribution >= 4 is 29.0 Å². The summed E-state index contributed by atoms with van der Waals surface area (Å²) >= 11 is 11.9. The van der Waals surface area contributed by atoms with Crippen LogP contribution < -0.4 is 4.74 Å². The molecule has 0 aliphatic carbocycles. The lowest BCUT2D eigenvalue weighted by atomic mass is 10.0. The van der Waals surface area contributed by atoms with Gasteiger partial charge in [-0.15, -0.1) is 0 Å². The molecule has 0 atom stereocenters. The normalized spacial score (nSPS) is 10.6. The minimum atomic E-state index is 0.00422. The Hall–Kier alpha value is -0.730. The number of hydrogen-bond acceptors (Lipinski definition) is 2. The van der Waals surface area contributed by atoms with Crippen molar-refractivity contribution < 1.29 is 9.53 Å². The zero-order valence-electron chi connectivity index (χ0n) is 9.51. The molecule has 0 aromatic heterocycles. The quantitative estimate of drug-likeness (QED) is 0.758. The maximum Gasteiger partial charge on any atom is 0.164 e. The second kappa shape index (κ2) is 5.55. The van der Waals surface area contributed by atoms with Gasteiger partial charge in [-0.1, -0.05) is 37.0 Å². The maximum atomic E-state index is 11.8. The van der Waals surface area contributed by atoms with E-state index in [1.54, 1.807) is 12.1 Å². The number of methoxy groups -OCH3 is 1. The molecule has 0 amide bonds. The van der Waals surface area contributed by atoms with E-state index in [1.165, 1.54) is 7.11 Å². The van der Waals surface area contributed by atoms with Crippen LogP contribution in [0.1, 0.15) is 30.6 Å². The highest BCUT2D eigenvalue weighted by Gasteiger charge is 2.15. The van der Waals surface area contributed by atoms with Crippen molar-refractivity contribution in [1.29, 1.82) is 0 Å². The Morgan fingerprint density at radius 1 is 1.31 bits per heavy atom. The molecule has 2 nitrogen and oxygen atoms in total. The lowest BCUT2D eigenvalue weighted by Gasteiger charge is -2.09. The van der Waals surface area contributed by atoms with Gasteiger partial charge in [0.05, 0.1) is 17.2 Å². The fourth-order valence-electron chi connectivity index (χ4n) is 1.38. The van der Waals surface area contributed by atoms with Gasteiger partial charge in [0, 0.05) is 18.1 Å². The van der Waals surface area contributed by atoms with Crippen LogP contribution in [0.3, 0.4) is 0 Å². The average Bonchev–Trinajstić information content (AvgIpc) is 2.19. The van der Waals surface area contributed by atoms with E-state index >= 15 is 0 Å². The van der Waals surface area contributed by atoms with Gasteiger partial charge in [-0.2, -0.15) is 0 Å². The number of carbonyl (C=O) groups is 1. The molecule has 0 aliphatic heterocycles. The Labute approximate surface area is 106 Å². The molecule has 0 unspecified atom stereocenters. The molecular formula is C12H14Cl2O2. The van der Waals surface area contributed by atoms with Crippen LogP contribution in [-0.2, 0) is 0 Å². The first-order chi connectivity index (χ1) is 7.45. The molecule has 1 rings (SSSR count). The average molecular weight is 261 g/mol. The van der Waals surface area contributed by atoms with Crippen molar-refractivity contribution in [2.75, 3.05) is 7.11 Å². The van der Waals surface area contributed by atoms with Crippen molar-refractivity contribution in [2.24, 2.45) is 5.92 Å². The van der Waals surface area contributed by atoms with Crippen molar-refractivity contribution in [1.82, 2.24) is 0 Å². The van der Waals surface area contributed by atoms with Crippen LogP contribution in [-0.4, -0.2) is 12.9 Å². The summed E-state index contributed by atoms with van der Waals surface area (Å²) in [5, 5.41) is 0.783. The fourth-order valence-corrected chi connectivity index (χ4v) is 1.88. The number of ether oxygens (including phenoxy) is 1. The molecule has 0 bridgehead atoms. The van der Waals surface area contributed by atoms with E-state index in [-0.39, 0.29) is 5.78 Å². The summed E-state index contributed by atoms with van der Waals surface area (Å²) in [5.41, 5.74) is 0.459. The predicted molar refractivity (Wildman–Crippen MR) is 66.8 cm³/mol. The highest BCUT2D eigenvalue weighted by molar-refractivity contribution is 6.36. The highest BCUT2D eigenvalue weighted by atomic mass is 35.5. The Morgan fingerprint density at radius 3 is 2.44 bits per heavy atom. The van der Waals surface area contributed by atoms with Gasteiger partial charge in [-0.05, 0) is 12.0 Å². The van der Waals surface area contributed by atoms with Crippen LogP contribution in [0, 0.1) is 5.92 Å². The molecule has 0 fully saturated rings. The number of carbonyl (C=O) groups excluding carboxylic acids is 1. The molecule has 0 heterocycles. The van der Waals surface area contributed by atoms with E-state index < -0.39 is 0 Å². The SMILES string of the molecule is COc1cc(Cl)c(C(=O)CC(C)C)cc1Cl. The molecule has 0 saturated carbocycles. The van der Waals surface area contributed by atoms with Crippen molar-refractivity contribution in [2.45, 2.75) is 20.3 Å². The van der Waals surface area contributed by atoms with Crippen molar-refractivity contribution in [3.05, 3.63) is 27.7 Å². The third kappa shape index (κ3) is 3.13. The summed E-state index contributed by atoms with van der Waals surface area (Å²) in [6.45, 7) is 3.97. The standard InChI is InChI=1S/C12H14Cl2O2/c1-7(2)4-11(15)8-5-10(14)12(16-3)6-9(8)13/h5-7H,4H2,1-3H3. The summed E-state index contributed by atoms with van der Waals surface area (Å²) in [7, 11) is 1.51. The molecule has 0 radical (unpaired) electrons. The minimum absolute atomic E-state index is 0.00422. The molecule has 1 aromatic carbocycles. The third-order valence-corrected chi connectivity index (χ3v) is 2.74. The smallest absolute Gasteiger partial charge is 0.164 e. The highest BCUT2D eigenvalue weighted by Crippen LogP contribution is 2.31. The Morgan fingerprint density at radius 2 is 1.94 bits per heavy atom. The summed E-state index contributed by atoms with van der Waals surface area (Å²) < 4.78 is 5.01. The Kier molecular flexibility index (Phi) is 4.63. The van der Waals surface area contributed by atoms with Crippen molar-refractivity contribution in [3.63, 3.8) is 0 Å². The molecular weight excluding hydrogens is 247 g/mol. The van der Waals surface area contributed by atoms with Crippen LogP contribution in [0.5, 0.6) is 5.75 Å². The monoisotopic (exact) mass is 260 g/mol. The summed E-state index contributed by atoms with van der Waals surface area (Å²) in [6.07, 6.45) is 0.461. The Bertz CT molecular complexity index is 400. The largest absolute Gasteiger partial charge is 0.495 e. The number of Topliss-reactive ketones (excluding diaryl/α,β-unsaturated/α-hetero) is 1. The van der Waals surface area contributed by atoms with E-state index in [1.807, 2.05) is 13.8 Å². The Balaban J connectivity index is 3.06. The minimum Gasteiger partial charge on any atom is -0.495 e. The van der Waals surface area contributed by atoms with Gasteiger partial charge in [-0.25, -0.2) is 0 Å². The van der Waals surface area contributed by atoms with Gasteiger partial charge in [0.25, 0.3) is 0 Å². The van der Waals surface area contributed by atoms with E-state index in [4.69, 9.17) is 27.9 Å². The first kappa shape index (κ1) is 13.3. The molecule has 0 spiro atoms. The van der Waals surface area contributed by atoms with E-state index in [0.29, 0.717) is 33.7 Å². The number of rotatable bonds is 4. The lowest BCUT2D eigenvalue weighted by Crippen LogP contribution is -2.04. The topological polar surface area (TPSA) is 26.3 Å². The number of hydrogen-bond donors (Lipinski definition) is 0. The van der Waals surface area contributed by atoms with Gasteiger partial charge in [0.2, 0.25) is 0 Å². The van der Waals surface area contributed by atoms with Crippen LogP contribution in [0.15, 0.2) is 12.1 Å². The van der Waals surface area contributed by atoms with E-state index in [9.17, 15) is 4.79 Å². The molecule has 0 saturated heterocycles. The number of benzene rings is 1. The van der Waals surface area contributed by atoms with Gasteiger partial charge >= 0.3 is 0 Å². The number of halogens is 2. The number of ketones is 1. The molecule has 0 N–H and O–H groups in total. The third-order valence-electron chi connectivity index (χ3n) is 2.14. The van der Waals surface area contributed by atoms with Crippen molar-refractivity contribution in [3.8, 4) is 5.75 Å². The summed E-state index contributed by atoms with van der Waals surface area (Å²) in [4.78, 5) is 11.8. The first-order valence-corrected chi connectivity index (χ1v) is 5.77. The van der Waals surface area contributed by atoms with Gasteiger partial charge in [-0.3, -0.25) is 4.79 Å². The van der Waals surface area contributed by atoms with Crippen LogP contribution >= 0.6 is 23.2 Å². The molecule has 0 aliphatic rings. The van der Waals surface area contributed by atoms with E-state index in [0.717, 1.165) is 0 Å². The first-order valence-electron chi connectivity index (χ1n) is 5.02. The summed E-state index contributed by atoms with van der Waals surface area (Å²) in [6, 6.07) is 3.13. The van der Waals surface area contributed by atoms with Crippen LogP contribution in [0.2, 0.25) is 10.0 Å². The van der Waals surface area contributed by atoms with Gasteiger partial charge in [0.1, 0.15) is 5.75 Å². The second-order valence-corrected chi connectivity index (χ2v) is 4.80. The molecule has 4 heteroatoms. The molecule has 88 valence electrons. The zero-order chi connectivity index (χ0) is 12.3. The van der Waals surface area contributed by atoms with Gasteiger partial charge in [0.15, 0.2) is 5.78 Å². The molecule has 16 heavy (non-hydrogen) atoms. The predicted octanol–water partition coefficient (Wildman–Crippen LogP) is 4.23. The van der Waals surface area contributed by atoms with Crippen LogP contribution in [0.25, 0.3) is 0 Å². The van der Waals surface area contributed by atoms with Gasteiger partial charge < -0.3 is 4.74 Å². The maximum absolute atomic E-state index is 11.8. The summed E-state index contributed by atoms with van der Waals surface area (Å²) in [5.74, 6) is 0.779. The fraction of sp³-hybridized carbons (Fsp3) is 0.417.